The van der Waals surface area contributed by atoms with Gasteiger partial charge in [-0.3, -0.25) is 14.8 Å². The van der Waals surface area contributed by atoms with Crippen LogP contribution in [0.25, 0.3) is 0 Å². The second-order valence-electron chi connectivity index (χ2n) is 5.86. The summed E-state index contributed by atoms with van der Waals surface area (Å²) in [5.41, 5.74) is 2.52. The van der Waals surface area contributed by atoms with Crippen molar-refractivity contribution in [1.29, 1.82) is 5.26 Å². The maximum absolute atomic E-state index is 12.3. The van der Waals surface area contributed by atoms with Crippen LogP contribution in [0.15, 0.2) is 6.20 Å². The predicted octanol–water partition coefficient (Wildman–Crippen LogP) is 1.63. The summed E-state index contributed by atoms with van der Waals surface area (Å²) in [4.78, 5) is 14.0. The van der Waals surface area contributed by atoms with Gasteiger partial charge in [0.2, 0.25) is 5.91 Å². The number of amides is 1. The SMILES string of the molecule is CCn1ncc2c1CCCC2NC(C)C(=O)N(C)CCC#N. The van der Waals surface area contributed by atoms with Gasteiger partial charge >= 0.3 is 0 Å². The minimum atomic E-state index is -0.260. The summed E-state index contributed by atoms with van der Waals surface area (Å²) in [5, 5.41) is 16.5. The summed E-state index contributed by atoms with van der Waals surface area (Å²) in [5.74, 6) is 0.0326. The fraction of sp³-hybridized carbons (Fsp3) is 0.688. The Kier molecular flexibility index (Phi) is 5.56. The number of aryl methyl sites for hydroxylation is 1. The average Bonchev–Trinajstić information content (AvgIpc) is 2.95. The van der Waals surface area contributed by atoms with Crippen LogP contribution in [0.1, 0.15) is 50.4 Å². The van der Waals surface area contributed by atoms with Crippen LogP contribution in [0.5, 0.6) is 0 Å². The van der Waals surface area contributed by atoms with Crippen LogP contribution >= 0.6 is 0 Å². The molecule has 2 atom stereocenters. The number of likely N-dealkylation sites (N-methyl/N-ethyl adjacent to an activating group) is 1. The van der Waals surface area contributed by atoms with E-state index in [-0.39, 0.29) is 18.0 Å². The fourth-order valence-electron chi connectivity index (χ4n) is 3.10. The normalized spacial score (nSPS) is 18.4. The summed E-state index contributed by atoms with van der Waals surface area (Å²) >= 11 is 0. The number of aromatic nitrogens is 2. The Morgan fingerprint density at radius 1 is 1.68 bits per heavy atom. The van der Waals surface area contributed by atoms with Gasteiger partial charge < -0.3 is 4.90 Å². The van der Waals surface area contributed by atoms with Crippen molar-refractivity contribution in [2.45, 2.75) is 58.2 Å². The Morgan fingerprint density at radius 2 is 2.45 bits per heavy atom. The Labute approximate surface area is 132 Å². The zero-order valence-electron chi connectivity index (χ0n) is 13.7. The van der Waals surface area contributed by atoms with Gasteiger partial charge in [0.05, 0.1) is 24.7 Å². The van der Waals surface area contributed by atoms with Crippen LogP contribution < -0.4 is 5.32 Å². The number of hydrogen-bond donors (Lipinski definition) is 1. The molecule has 1 N–H and O–H groups in total. The quantitative estimate of drug-likeness (QED) is 0.867. The van der Waals surface area contributed by atoms with Crippen molar-refractivity contribution in [3.8, 4) is 6.07 Å². The summed E-state index contributed by atoms with van der Waals surface area (Å²) in [7, 11) is 1.75. The molecule has 1 aromatic heterocycles. The lowest BCUT2D eigenvalue weighted by atomic mass is 9.92. The molecule has 0 aliphatic heterocycles. The molecule has 2 unspecified atom stereocenters. The highest BCUT2D eigenvalue weighted by molar-refractivity contribution is 5.81. The van der Waals surface area contributed by atoms with Crippen LogP contribution in [0.4, 0.5) is 0 Å². The van der Waals surface area contributed by atoms with Crippen molar-refractivity contribution >= 4 is 5.91 Å². The molecule has 1 aliphatic carbocycles. The van der Waals surface area contributed by atoms with Crippen LogP contribution in [0, 0.1) is 11.3 Å². The van der Waals surface area contributed by atoms with E-state index < -0.39 is 0 Å². The molecule has 22 heavy (non-hydrogen) atoms. The first-order valence-electron chi connectivity index (χ1n) is 8.01. The van der Waals surface area contributed by atoms with Crippen molar-refractivity contribution in [3.63, 3.8) is 0 Å². The van der Waals surface area contributed by atoms with Crippen LogP contribution in [-0.2, 0) is 17.8 Å². The van der Waals surface area contributed by atoms with Crippen molar-refractivity contribution in [3.05, 3.63) is 17.5 Å². The van der Waals surface area contributed by atoms with Crippen LogP contribution in [-0.4, -0.2) is 40.2 Å². The Morgan fingerprint density at radius 3 is 3.14 bits per heavy atom. The van der Waals surface area contributed by atoms with Gasteiger partial charge in [0.1, 0.15) is 0 Å². The van der Waals surface area contributed by atoms with Gasteiger partial charge in [-0.05, 0) is 33.1 Å². The minimum absolute atomic E-state index is 0.0326. The molecule has 1 aliphatic rings. The topological polar surface area (TPSA) is 74.0 Å². The monoisotopic (exact) mass is 303 g/mol. The predicted molar refractivity (Wildman–Crippen MR) is 84.0 cm³/mol. The fourth-order valence-corrected chi connectivity index (χ4v) is 3.10. The molecule has 0 fully saturated rings. The molecule has 0 saturated heterocycles. The smallest absolute Gasteiger partial charge is 0.239 e. The summed E-state index contributed by atoms with van der Waals surface area (Å²) < 4.78 is 2.05. The number of nitrogens with one attached hydrogen (secondary N) is 1. The lowest BCUT2D eigenvalue weighted by Gasteiger charge is -2.29. The lowest BCUT2D eigenvalue weighted by molar-refractivity contribution is -0.131. The minimum Gasteiger partial charge on any atom is -0.343 e. The highest BCUT2D eigenvalue weighted by Gasteiger charge is 2.27. The number of nitriles is 1. The van der Waals surface area contributed by atoms with E-state index in [1.54, 1.807) is 11.9 Å². The molecule has 0 aromatic carbocycles. The molecular formula is C16H25N5O. The van der Waals surface area contributed by atoms with Crippen molar-refractivity contribution < 1.29 is 4.79 Å². The van der Waals surface area contributed by atoms with Crippen molar-refractivity contribution in [1.82, 2.24) is 20.0 Å². The number of fused-ring (bicyclic) bond motifs is 1. The molecule has 120 valence electrons. The van der Waals surface area contributed by atoms with E-state index in [0.29, 0.717) is 13.0 Å². The number of rotatable bonds is 6. The standard InChI is InChI=1S/C16H25N5O/c1-4-21-15-8-5-7-14(13(15)11-18-21)19-12(2)16(22)20(3)10-6-9-17/h11-12,14,19H,4-8,10H2,1-3H3. The molecule has 2 rings (SSSR count). The van der Waals surface area contributed by atoms with Gasteiger partial charge in [0.25, 0.3) is 0 Å². The van der Waals surface area contributed by atoms with Gasteiger partial charge in [0, 0.05) is 37.4 Å². The largest absolute Gasteiger partial charge is 0.343 e. The van der Waals surface area contributed by atoms with E-state index in [2.05, 4.69) is 28.1 Å². The van der Waals surface area contributed by atoms with Gasteiger partial charge in [-0.15, -0.1) is 0 Å². The number of carbonyl (C=O) groups is 1. The van der Waals surface area contributed by atoms with Gasteiger partial charge in [0.15, 0.2) is 0 Å². The molecule has 1 heterocycles. The second kappa shape index (κ2) is 7.41. The first kappa shape index (κ1) is 16.5. The highest BCUT2D eigenvalue weighted by Crippen LogP contribution is 2.30. The molecule has 0 radical (unpaired) electrons. The van der Waals surface area contributed by atoms with E-state index in [1.807, 2.05) is 13.1 Å². The summed E-state index contributed by atoms with van der Waals surface area (Å²) in [6, 6.07) is 2.00. The Balaban J connectivity index is 2.01. The molecule has 1 amide bonds. The van der Waals surface area contributed by atoms with Crippen LogP contribution in [0.2, 0.25) is 0 Å². The molecular weight excluding hydrogens is 278 g/mol. The Bertz CT molecular complexity index is 559. The summed E-state index contributed by atoms with van der Waals surface area (Å²) in [6.07, 6.45) is 5.51. The van der Waals surface area contributed by atoms with E-state index in [1.165, 1.54) is 11.3 Å². The maximum Gasteiger partial charge on any atom is 0.239 e. The van der Waals surface area contributed by atoms with Gasteiger partial charge in [-0.25, -0.2) is 0 Å². The summed E-state index contributed by atoms with van der Waals surface area (Å²) in [6.45, 7) is 5.35. The second-order valence-corrected chi connectivity index (χ2v) is 5.86. The zero-order chi connectivity index (χ0) is 16.1. The zero-order valence-corrected chi connectivity index (χ0v) is 13.7. The van der Waals surface area contributed by atoms with E-state index in [9.17, 15) is 4.79 Å². The third kappa shape index (κ3) is 3.47. The van der Waals surface area contributed by atoms with Gasteiger partial charge in [-0.2, -0.15) is 10.4 Å². The first-order chi connectivity index (χ1) is 10.6. The third-order valence-corrected chi connectivity index (χ3v) is 4.32. The van der Waals surface area contributed by atoms with E-state index in [0.717, 1.165) is 25.8 Å². The number of hydrogen-bond acceptors (Lipinski definition) is 4. The maximum atomic E-state index is 12.3. The first-order valence-corrected chi connectivity index (χ1v) is 8.01. The Hall–Kier alpha value is -1.87. The number of nitrogens with zero attached hydrogens (tertiary/aromatic N) is 4. The molecule has 1 aromatic rings. The number of carbonyl (C=O) groups excluding carboxylic acids is 1. The van der Waals surface area contributed by atoms with Crippen molar-refractivity contribution in [2.24, 2.45) is 0 Å². The molecule has 0 bridgehead atoms. The van der Waals surface area contributed by atoms with Crippen LogP contribution in [0.3, 0.4) is 0 Å². The molecule has 0 spiro atoms. The average molecular weight is 303 g/mol. The third-order valence-electron chi connectivity index (χ3n) is 4.32. The molecule has 6 heteroatoms. The van der Waals surface area contributed by atoms with Gasteiger partial charge in [-0.1, -0.05) is 0 Å². The van der Waals surface area contributed by atoms with Crippen molar-refractivity contribution in [2.75, 3.05) is 13.6 Å². The molecule has 6 nitrogen and oxygen atoms in total. The highest BCUT2D eigenvalue weighted by atomic mass is 16.2. The lowest BCUT2D eigenvalue weighted by Crippen LogP contribution is -2.45. The van der Waals surface area contributed by atoms with E-state index in [4.69, 9.17) is 5.26 Å². The van der Waals surface area contributed by atoms with E-state index >= 15 is 0 Å². The molecule has 0 saturated carbocycles.